The average molecular weight is 416 g/mol. The third-order valence-corrected chi connectivity index (χ3v) is 7.12. The van der Waals surface area contributed by atoms with Crippen molar-refractivity contribution in [1.29, 1.82) is 0 Å². The summed E-state index contributed by atoms with van der Waals surface area (Å²) in [5.74, 6) is -0.132. The number of nitrogens with zero attached hydrogens (tertiary/aromatic N) is 2. The highest BCUT2D eigenvalue weighted by molar-refractivity contribution is 7.89. The number of likely N-dealkylation sites (N-methyl/N-ethyl adjacent to an activating group) is 1. The maximum absolute atomic E-state index is 12.7. The molecule has 156 valence electrons. The van der Waals surface area contributed by atoms with E-state index in [1.807, 2.05) is 24.1 Å². The Balaban J connectivity index is 1.56. The molecule has 0 aliphatic carbocycles. The molecule has 1 fully saturated rings. The molecule has 0 aromatic heterocycles. The summed E-state index contributed by atoms with van der Waals surface area (Å²) in [6.45, 7) is 4.15. The van der Waals surface area contributed by atoms with Crippen LogP contribution in [-0.2, 0) is 21.4 Å². The maximum Gasteiger partial charge on any atom is 0.243 e. The van der Waals surface area contributed by atoms with E-state index in [0.717, 1.165) is 19.3 Å². The highest BCUT2D eigenvalue weighted by Gasteiger charge is 2.25. The van der Waals surface area contributed by atoms with E-state index in [1.165, 1.54) is 11.1 Å². The summed E-state index contributed by atoms with van der Waals surface area (Å²) in [4.78, 5) is 14.6. The van der Waals surface area contributed by atoms with Gasteiger partial charge in [0, 0.05) is 25.3 Å². The smallest absolute Gasteiger partial charge is 0.243 e. The number of rotatable bonds is 7. The van der Waals surface area contributed by atoms with Gasteiger partial charge in [0.05, 0.1) is 11.4 Å². The van der Waals surface area contributed by atoms with Crippen LogP contribution in [0.4, 0.5) is 5.69 Å². The molecule has 1 heterocycles. The number of amides is 1. The van der Waals surface area contributed by atoms with Crippen LogP contribution in [0.2, 0.25) is 0 Å². The van der Waals surface area contributed by atoms with Gasteiger partial charge in [-0.05, 0) is 62.2 Å². The fraction of sp³-hybridized carbons (Fsp3) is 0.409. The number of piperidine rings is 1. The Bertz CT molecular complexity index is 936. The van der Waals surface area contributed by atoms with E-state index in [9.17, 15) is 13.2 Å². The van der Waals surface area contributed by atoms with Crippen molar-refractivity contribution in [3.8, 4) is 0 Å². The fourth-order valence-electron chi connectivity index (χ4n) is 3.54. The van der Waals surface area contributed by atoms with Crippen LogP contribution in [0.3, 0.4) is 0 Å². The second-order valence-electron chi connectivity index (χ2n) is 7.64. The summed E-state index contributed by atoms with van der Waals surface area (Å²) in [5.41, 5.74) is 2.98. The minimum atomic E-state index is -3.45. The maximum atomic E-state index is 12.7. The lowest BCUT2D eigenvalue weighted by Gasteiger charge is -2.25. The van der Waals surface area contributed by atoms with E-state index in [2.05, 4.69) is 24.4 Å². The average Bonchev–Trinajstić information content (AvgIpc) is 2.70. The summed E-state index contributed by atoms with van der Waals surface area (Å²) in [6, 6.07) is 14.5. The third-order valence-electron chi connectivity index (χ3n) is 5.21. The normalized spacial score (nSPS) is 15.4. The molecular weight excluding hydrogens is 386 g/mol. The predicted molar refractivity (Wildman–Crippen MR) is 115 cm³/mol. The van der Waals surface area contributed by atoms with Gasteiger partial charge in [-0.15, -0.1) is 0 Å². The van der Waals surface area contributed by atoms with Gasteiger partial charge in [0.1, 0.15) is 0 Å². The Morgan fingerprint density at radius 3 is 2.34 bits per heavy atom. The monoisotopic (exact) mass is 415 g/mol. The van der Waals surface area contributed by atoms with Crippen LogP contribution in [0.5, 0.6) is 0 Å². The van der Waals surface area contributed by atoms with Crippen molar-refractivity contribution in [3.63, 3.8) is 0 Å². The molecule has 2 aromatic rings. The molecule has 0 bridgehead atoms. The zero-order valence-corrected chi connectivity index (χ0v) is 17.9. The molecule has 1 N–H and O–H groups in total. The number of hydrogen-bond acceptors (Lipinski definition) is 4. The van der Waals surface area contributed by atoms with E-state index in [4.69, 9.17) is 0 Å². The second kappa shape index (κ2) is 9.52. The standard InChI is InChI=1S/C22H29N3O3S/c1-18-8-4-5-9-19(18)16-24(2)17-22(26)23-20-10-12-21(13-11-20)29(27,28)25-14-6-3-7-15-25/h4-5,8-13H,3,6-7,14-17H2,1-2H3,(H,23,26). The Morgan fingerprint density at radius 2 is 1.69 bits per heavy atom. The summed E-state index contributed by atoms with van der Waals surface area (Å²) in [7, 11) is -1.55. The Kier molecular flexibility index (Phi) is 7.05. The molecule has 7 heteroatoms. The number of carbonyl (C=O) groups is 1. The van der Waals surface area contributed by atoms with Crippen molar-refractivity contribution < 1.29 is 13.2 Å². The quantitative estimate of drug-likeness (QED) is 0.754. The predicted octanol–water partition coefficient (Wildman–Crippen LogP) is 3.24. The van der Waals surface area contributed by atoms with Crippen LogP contribution in [0.15, 0.2) is 53.4 Å². The van der Waals surface area contributed by atoms with Crippen molar-refractivity contribution in [2.75, 3.05) is 32.0 Å². The first kappa shape index (κ1) is 21.5. The first-order valence-electron chi connectivity index (χ1n) is 9.99. The first-order chi connectivity index (χ1) is 13.9. The van der Waals surface area contributed by atoms with Crippen molar-refractivity contribution >= 4 is 21.6 Å². The van der Waals surface area contributed by atoms with Gasteiger partial charge in [-0.3, -0.25) is 9.69 Å². The molecular formula is C22H29N3O3S. The zero-order valence-electron chi connectivity index (χ0n) is 17.1. The van der Waals surface area contributed by atoms with Gasteiger partial charge in [-0.1, -0.05) is 30.7 Å². The van der Waals surface area contributed by atoms with E-state index in [-0.39, 0.29) is 17.3 Å². The van der Waals surface area contributed by atoms with E-state index in [0.29, 0.717) is 25.3 Å². The number of sulfonamides is 1. The molecule has 1 saturated heterocycles. The SMILES string of the molecule is Cc1ccccc1CN(C)CC(=O)Nc1ccc(S(=O)(=O)N2CCCCC2)cc1. The molecule has 29 heavy (non-hydrogen) atoms. The summed E-state index contributed by atoms with van der Waals surface area (Å²) >= 11 is 0. The molecule has 2 aromatic carbocycles. The number of aryl methyl sites for hydroxylation is 1. The molecule has 0 saturated carbocycles. The molecule has 1 aliphatic heterocycles. The summed E-state index contributed by atoms with van der Waals surface area (Å²) in [6.07, 6.45) is 2.89. The minimum Gasteiger partial charge on any atom is -0.325 e. The van der Waals surface area contributed by atoms with Gasteiger partial charge in [-0.2, -0.15) is 4.31 Å². The van der Waals surface area contributed by atoms with Crippen LogP contribution in [-0.4, -0.2) is 50.2 Å². The van der Waals surface area contributed by atoms with Gasteiger partial charge >= 0.3 is 0 Å². The van der Waals surface area contributed by atoms with Crippen molar-refractivity contribution in [1.82, 2.24) is 9.21 Å². The fourth-order valence-corrected chi connectivity index (χ4v) is 5.06. The Morgan fingerprint density at radius 1 is 1.03 bits per heavy atom. The molecule has 0 spiro atoms. The van der Waals surface area contributed by atoms with Crippen molar-refractivity contribution in [2.45, 2.75) is 37.6 Å². The molecule has 0 atom stereocenters. The van der Waals surface area contributed by atoms with Crippen LogP contribution >= 0.6 is 0 Å². The van der Waals surface area contributed by atoms with Gasteiger partial charge < -0.3 is 5.32 Å². The molecule has 1 aliphatic rings. The summed E-state index contributed by atoms with van der Waals surface area (Å²) in [5, 5.41) is 2.84. The number of benzene rings is 2. The lowest BCUT2D eigenvalue weighted by Crippen LogP contribution is -2.35. The minimum absolute atomic E-state index is 0.132. The highest BCUT2D eigenvalue weighted by atomic mass is 32.2. The highest BCUT2D eigenvalue weighted by Crippen LogP contribution is 2.22. The number of hydrogen-bond donors (Lipinski definition) is 1. The second-order valence-corrected chi connectivity index (χ2v) is 9.57. The van der Waals surface area contributed by atoms with Gasteiger partial charge in [-0.25, -0.2) is 8.42 Å². The number of nitrogens with one attached hydrogen (secondary N) is 1. The first-order valence-corrected chi connectivity index (χ1v) is 11.4. The van der Waals surface area contributed by atoms with E-state index >= 15 is 0 Å². The molecule has 1 amide bonds. The summed E-state index contributed by atoms with van der Waals surface area (Å²) < 4.78 is 26.9. The van der Waals surface area contributed by atoms with Gasteiger partial charge in [0.2, 0.25) is 15.9 Å². The van der Waals surface area contributed by atoms with Crippen molar-refractivity contribution in [3.05, 3.63) is 59.7 Å². The van der Waals surface area contributed by atoms with Crippen LogP contribution in [0.1, 0.15) is 30.4 Å². The van der Waals surface area contributed by atoms with Crippen LogP contribution in [0, 0.1) is 6.92 Å². The Labute approximate surface area is 173 Å². The number of carbonyl (C=O) groups excluding carboxylic acids is 1. The lowest BCUT2D eigenvalue weighted by molar-refractivity contribution is -0.117. The molecule has 0 radical (unpaired) electrons. The largest absolute Gasteiger partial charge is 0.325 e. The van der Waals surface area contributed by atoms with Crippen LogP contribution < -0.4 is 5.32 Å². The van der Waals surface area contributed by atoms with Gasteiger partial charge in [0.25, 0.3) is 0 Å². The van der Waals surface area contributed by atoms with E-state index < -0.39 is 10.0 Å². The lowest BCUT2D eigenvalue weighted by atomic mass is 10.1. The van der Waals surface area contributed by atoms with Gasteiger partial charge in [0.15, 0.2) is 0 Å². The van der Waals surface area contributed by atoms with Crippen molar-refractivity contribution in [2.24, 2.45) is 0 Å². The van der Waals surface area contributed by atoms with E-state index in [1.54, 1.807) is 28.6 Å². The third kappa shape index (κ3) is 5.65. The molecule has 0 unspecified atom stereocenters. The van der Waals surface area contributed by atoms with Crippen LogP contribution in [0.25, 0.3) is 0 Å². The Hall–Kier alpha value is -2.22. The number of anilines is 1. The zero-order chi connectivity index (χ0) is 20.9. The molecule has 3 rings (SSSR count). The molecule has 6 nitrogen and oxygen atoms in total. The topological polar surface area (TPSA) is 69.7 Å².